The highest BCUT2D eigenvalue weighted by Gasteiger charge is 2.36. The van der Waals surface area contributed by atoms with Crippen LogP contribution in [0.2, 0.25) is 5.02 Å². The fourth-order valence-electron chi connectivity index (χ4n) is 3.91. The molecule has 1 N–H and O–H groups in total. The second kappa shape index (κ2) is 9.34. The van der Waals surface area contributed by atoms with Gasteiger partial charge in [0.25, 0.3) is 0 Å². The van der Waals surface area contributed by atoms with E-state index < -0.39 is 22.8 Å². The van der Waals surface area contributed by atoms with Crippen molar-refractivity contribution in [3.63, 3.8) is 0 Å². The summed E-state index contributed by atoms with van der Waals surface area (Å²) >= 11 is 9.10. The zero-order valence-electron chi connectivity index (χ0n) is 17.5. The first kappa shape index (κ1) is 23.6. The minimum Gasteiger partial charge on any atom is -0.314 e. The normalized spacial score (nSPS) is 16.3. The Morgan fingerprint density at radius 1 is 1.21 bits per heavy atom. The van der Waals surface area contributed by atoms with E-state index in [1.54, 1.807) is 4.90 Å². The van der Waals surface area contributed by atoms with Crippen LogP contribution in [0.25, 0.3) is 0 Å². The molecule has 1 aliphatic heterocycles. The van der Waals surface area contributed by atoms with Crippen LogP contribution in [0.1, 0.15) is 41.7 Å². The van der Waals surface area contributed by atoms with Crippen LogP contribution in [-0.4, -0.2) is 32.2 Å². The molecule has 1 aliphatic rings. The lowest BCUT2D eigenvalue weighted by molar-refractivity contribution is -0.137. The molecule has 1 saturated heterocycles. The quantitative estimate of drug-likeness (QED) is 0.413. The van der Waals surface area contributed by atoms with Gasteiger partial charge in [0.15, 0.2) is 5.82 Å². The van der Waals surface area contributed by atoms with Crippen LogP contribution in [0.15, 0.2) is 46.9 Å². The molecule has 2 aromatic carbocycles. The molecular weight excluding hydrogens is 523 g/mol. The molecule has 1 atom stereocenters. The van der Waals surface area contributed by atoms with Crippen LogP contribution in [0.5, 0.6) is 0 Å². The van der Waals surface area contributed by atoms with Crippen molar-refractivity contribution in [2.75, 3.05) is 11.9 Å². The summed E-state index contributed by atoms with van der Waals surface area (Å²) in [4.78, 5) is 14.6. The summed E-state index contributed by atoms with van der Waals surface area (Å²) in [5.41, 5.74) is 0.0804. The van der Waals surface area contributed by atoms with Gasteiger partial charge in [0, 0.05) is 16.7 Å². The summed E-state index contributed by atoms with van der Waals surface area (Å²) in [5, 5.41) is 10.7. The molecule has 33 heavy (non-hydrogen) atoms. The van der Waals surface area contributed by atoms with E-state index in [4.69, 9.17) is 11.6 Å². The van der Waals surface area contributed by atoms with Crippen LogP contribution < -0.4 is 5.32 Å². The Labute approximate surface area is 201 Å². The molecule has 3 aromatic rings. The van der Waals surface area contributed by atoms with Gasteiger partial charge >= 0.3 is 12.2 Å². The van der Waals surface area contributed by atoms with E-state index in [0.717, 1.165) is 28.6 Å². The average molecular weight is 543 g/mol. The number of nitrogens with one attached hydrogen (secondary N) is 1. The van der Waals surface area contributed by atoms with Gasteiger partial charge in [-0.25, -0.2) is 4.79 Å². The maximum atomic E-state index is 13.2. The third-order valence-corrected chi connectivity index (χ3v) is 6.41. The van der Waals surface area contributed by atoms with E-state index in [1.165, 1.54) is 6.07 Å². The zero-order valence-corrected chi connectivity index (χ0v) is 19.9. The van der Waals surface area contributed by atoms with Crippen LogP contribution in [0, 0.1) is 6.92 Å². The summed E-state index contributed by atoms with van der Waals surface area (Å²) in [6.45, 7) is 2.85. The van der Waals surface area contributed by atoms with Crippen LogP contribution in [-0.2, 0) is 12.7 Å². The maximum Gasteiger partial charge on any atom is 0.417 e. The number of rotatable bonds is 4. The number of carbonyl (C=O) groups excluding carboxylic acids is 1. The molecule has 1 fully saturated rings. The molecule has 0 bridgehead atoms. The van der Waals surface area contributed by atoms with Gasteiger partial charge in [-0.1, -0.05) is 39.7 Å². The number of aromatic nitrogens is 3. The van der Waals surface area contributed by atoms with Crippen molar-refractivity contribution in [2.24, 2.45) is 0 Å². The number of nitrogens with zero attached hydrogens (tertiary/aromatic N) is 4. The molecule has 2 amide bonds. The molecule has 6 nitrogen and oxygen atoms in total. The lowest BCUT2D eigenvalue weighted by Gasteiger charge is -2.25. The minimum absolute atomic E-state index is 0.0230. The van der Waals surface area contributed by atoms with E-state index in [-0.39, 0.29) is 11.7 Å². The summed E-state index contributed by atoms with van der Waals surface area (Å²) in [5.74, 6) is 1.36. The van der Waals surface area contributed by atoms with Gasteiger partial charge in [-0.05, 0) is 55.7 Å². The smallest absolute Gasteiger partial charge is 0.314 e. The molecule has 2 heterocycles. The Balaban J connectivity index is 1.55. The number of hydrogen-bond acceptors (Lipinski definition) is 3. The topological polar surface area (TPSA) is 63.1 Å². The number of likely N-dealkylation sites (tertiary alicyclic amines) is 1. The molecule has 0 spiro atoms. The number of anilines is 1. The molecule has 0 aliphatic carbocycles. The molecule has 0 unspecified atom stereocenters. The van der Waals surface area contributed by atoms with Crippen molar-refractivity contribution >= 4 is 39.2 Å². The van der Waals surface area contributed by atoms with E-state index in [1.807, 2.05) is 35.8 Å². The number of carbonyl (C=O) groups is 1. The maximum absolute atomic E-state index is 13.2. The van der Waals surface area contributed by atoms with Gasteiger partial charge in [0.05, 0.1) is 23.2 Å². The van der Waals surface area contributed by atoms with Crippen LogP contribution >= 0.6 is 27.5 Å². The molecule has 0 radical (unpaired) electrons. The lowest BCUT2D eigenvalue weighted by atomic mass is 10.2. The van der Waals surface area contributed by atoms with E-state index in [0.29, 0.717) is 31.2 Å². The largest absolute Gasteiger partial charge is 0.417 e. The molecule has 4 rings (SSSR count). The molecular formula is C22H20BrClF3N5O. The third-order valence-electron chi connectivity index (χ3n) is 5.55. The second-order valence-corrected chi connectivity index (χ2v) is 9.11. The highest BCUT2D eigenvalue weighted by molar-refractivity contribution is 9.10. The number of urea groups is 1. The molecule has 1 aromatic heterocycles. The summed E-state index contributed by atoms with van der Waals surface area (Å²) in [7, 11) is 0. The Morgan fingerprint density at radius 2 is 1.94 bits per heavy atom. The highest BCUT2D eigenvalue weighted by Crippen LogP contribution is 2.37. The van der Waals surface area contributed by atoms with Crippen molar-refractivity contribution in [3.8, 4) is 0 Å². The number of benzene rings is 2. The Bertz CT molecular complexity index is 1170. The third kappa shape index (κ3) is 5.16. The number of hydrogen-bond donors (Lipinski definition) is 1. The fourth-order valence-corrected chi connectivity index (χ4v) is 4.39. The van der Waals surface area contributed by atoms with Gasteiger partial charge in [-0.15, -0.1) is 10.2 Å². The first-order chi connectivity index (χ1) is 15.6. The fraction of sp³-hybridized carbons (Fsp3) is 0.318. The summed E-state index contributed by atoms with van der Waals surface area (Å²) < 4.78 is 42.4. The van der Waals surface area contributed by atoms with E-state index in [9.17, 15) is 18.0 Å². The van der Waals surface area contributed by atoms with E-state index >= 15 is 0 Å². The van der Waals surface area contributed by atoms with Crippen molar-refractivity contribution in [3.05, 3.63) is 74.7 Å². The Hall–Kier alpha value is -2.59. The standard InChI is InChI=1S/C22H20BrClF3N5O/c1-13-29-30-20(32(13)12-14-4-6-15(23)7-5-14)19-3-2-10-31(19)21(33)28-16-8-9-18(24)17(11-16)22(25,26)27/h4-9,11,19H,2-3,10,12H2,1H3,(H,28,33)/t19-/m1/s1. The number of halogens is 5. The predicted molar refractivity (Wildman–Crippen MR) is 122 cm³/mol. The van der Waals surface area contributed by atoms with Gasteiger partial charge in [-0.3, -0.25) is 0 Å². The Morgan fingerprint density at radius 3 is 2.64 bits per heavy atom. The van der Waals surface area contributed by atoms with E-state index in [2.05, 4.69) is 31.4 Å². The SMILES string of the molecule is Cc1nnc([C@H]2CCCN2C(=O)Nc2ccc(Cl)c(C(F)(F)F)c2)n1Cc1ccc(Br)cc1. The predicted octanol–water partition coefficient (Wildman–Crippen LogP) is 6.44. The van der Waals surface area contributed by atoms with Gasteiger partial charge in [-0.2, -0.15) is 13.2 Å². The molecule has 11 heteroatoms. The van der Waals surface area contributed by atoms with Crippen LogP contribution in [0.4, 0.5) is 23.7 Å². The van der Waals surface area contributed by atoms with Gasteiger partial charge < -0.3 is 14.8 Å². The van der Waals surface area contributed by atoms with Gasteiger partial charge in [0.2, 0.25) is 0 Å². The zero-order chi connectivity index (χ0) is 23.8. The lowest BCUT2D eigenvalue weighted by Crippen LogP contribution is -2.35. The highest BCUT2D eigenvalue weighted by atomic mass is 79.9. The number of aryl methyl sites for hydroxylation is 1. The van der Waals surface area contributed by atoms with Crippen molar-refractivity contribution < 1.29 is 18.0 Å². The number of amides is 2. The number of alkyl halides is 3. The average Bonchev–Trinajstić information content (AvgIpc) is 3.37. The first-order valence-electron chi connectivity index (χ1n) is 10.2. The summed E-state index contributed by atoms with van der Waals surface area (Å²) in [6, 6.07) is 10.4. The van der Waals surface area contributed by atoms with Crippen molar-refractivity contribution in [1.29, 1.82) is 0 Å². The van der Waals surface area contributed by atoms with Crippen molar-refractivity contribution in [2.45, 2.75) is 38.5 Å². The monoisotopic (exact) mass is 541 g/mol. The second-order valence-electron chi connectivity index (χ2n) is 7.79. The molecule has 174 valence electrons. The minimum atomic E-state index is -4.62. The summed E-state index contributed by atoms with van der Waals surface area (Å²) in [6.07, 6.45) is -3.19. The van der Waals surface area contributed by atoms with Crippen molar-refractivity contribution in [1.82, 2.24) is 19.7 Å². The Kier molecular flexibility index (Phi) is 6.67. The van der Waals surface area contributed by atoms with Gasteiger partial charge in [0.1, 0.15) is 5.82 Å². The van der Waals surface area contributed by atoms with Crippen LogP contribution in [0.3, 0.4) is 0 Å². The first-order valence-corrected chi connectivity index (χ1v) is 11.4. The molecule has 0 saturated carbocycles.